The molecule has 0 spiro atoms. The van der Waals surface area contributed by atoms with Gasteiger partial charge in [0.2, 0.25) is 0 Å². The van der Waals surface area contributed by atoms with E-state index in [-0.39, 0.29) is 37.5 Å². The summed E-state index contributed by atoms with van der Waals surface area (Å²) in [5.41, 5.74) is 0. The van der Waals surface area contributed by atoms with Gasteiger partial charge in [0.15, 0.2) is 6.10 Å². The molecule has 0 aromatic heterocycles. The SMILES string of the molecule is CCCCC/C=C\C/C=C\C/C=C\C/C=C\CCCC(=O)OC(COC(=O)CCCCCCCCCCCCCC)COC(=O)CCCCCCCCCCCCCC. The van der Waals surface area contributed by atoms with E-state index in [4.69, 9.17) is 14.2 Å². The van der Waals surface area contributed by atoms with Gasteiger partial charge in [0.25, 0.3) is 0 Å². The molecule has 0 N–H and O–H groups in total. The van der Waals surface area contributed by atoms with Crippen molar-refractivity contribution >= 4 is 17.9 Å². The van der Waals surface area contributed by atoms with Crippen LogP contribution in [0.25, 0.3) is 0 Å². The highest BCUT2D eigenvalue weighted by atomic mass is 16.6. The standard InChI is InChI=1S/C53H94O6/c1-4-7-10-13-16-19-22-25-26-27-28-29-32-35-38-41-44-47-53(56)59-50(48-57-51(54)45-42-39-36-33-30-23-20-17-14-11-8-5-2)49-58-52(55)46-43-40-37-34-31-24-21-18-15-12-9-6-3/h16,19,25-26,28-29,35,38,50H,4-15,17-18,20-24,27,30-34,36-37,39-49H2,1-3H3/b19-16-,26-25-,29-28-,38-35-. The van der Waals surface area contributed by atoms with Gasteiger partial charge in [0, 0.05) is 19.3 Å². The second-order valence-electron chi connectivity index (χ2n) is 16.7. The molecule has 6 heteroatoms. The zero-order valence-corrected chi connectivity index (χ0v) is 39.0. The second-order valence-corrected chi connectivity index (χ2v) is 16.7. The summed E-state index contributed by atoms with van der Waals surface area (Å²) >= 11 is 0. The fourth-order valence-corrected chi connectivity index (χ4v) is 7.02. The van der Waals surface area contributed by atoms with Crippen molar-refractivity contribution in [2.75, 3.05) is 13.2 Å². The second kappa shape index (κ2) is 48.0. The molecule has 0 amide bonds. The van der Waals surface area contributed by atoms with Crippen LogP contribution in [0.5, 0.6) is 0 Å². The molecular weight excluding hydrogens is 733 g/mol. The molecule has 0 saturated heterocycles. The van der Waals surface area contributed by atoms with Gasteiger partial charge in [-0.3, -0.25) is 14.4 Å². The number of rotatable bonds is 45. The smallest absolute Gasteiger partial charge is 0.306 e. The lowest BCUT2D eigenvalue weighted by atomic mass is 10.0. The van der Waals surface area contributed by atoms with Gasteiger partial charge in [-0.25, -0.2) is 0 Å². The van der Waals surface area contributed by atoms with E-state index >= 15 is 0 Å². The first-order chi connectivity index (χ1) is 29.0. The van der Waals surface area contributed by atoms with E-state index in [1.54, 1.807) is 0 Å². The summed E-state index contributed by atoms with van der Waals surface area (Å²) in [5.74, 6) is -0.942. The van der Waals surface area contributed by atoms with E-state index in [2.05, 4.69) is 69.4 Å². The maximum atomic E-state index is 12.7. The average Bonchev–Trinajstić information content (AvgIpc) is 3.23. The van der Waals surface area contributed by atoms with Crippen LogP contribution in [0.1, 0.15) is 252 Å². The first-order valence-electron chi connectivity index (χ1n) is 25.1. The van der Waals surface area contributed by atoms with Crippen LogP contribution in [0.4, 0.5) is 0 Å². The van der Waals surface area contributed by atoms with Crippen LogP contribution in [0.2, 0.25) is 0 Å². The molecule has 0 fully saturated rings. The van der Waals surface area contributed by atoms with Crippen LogP contribution < -0.4 is 0 Å². The Morgan fingerprint density at radius 3 is 1.00 bits per heavy atom. The summed E-state index contributed by atoms with van der Waals surface area (Å²) < 4.78 is 16.7. The topological polar surface area (TPSA) is 78.9 Å². The van der Waals surface area contributed by atoms with Crippen molar-refractivity contribution in [3.8, 4) is 0 Å². The molecule has 0 unspecified atom stereocenters. The Balaban J connectivity index is 4.45. The normalized spacial score (nSPS) is 11.9. The predicted molar refractivity (Wildman–Crippen MR) is 252 cm³/mol. The molecule has 0 aromatic rings. The molecule has 0 aliphatic carbocycles. The van der Waals surface area contributed by atoms with Crippen LogP contribution in [-0.4, -0.2) is 37.2 Å². The highest BCUT2D eigenvalue weighted by Gasteiger charge is 2.19. The van der Waals surface area contributed by atoms with Gasteiger partial charge >= 0.3 is 17.9 Å². The highest BCUT2D eigenvalue weighted by molar-refractivity contribution is 5.71. The van der Waals surface area contributed by atoms with Crippen LogP contribution in [-0.2, 0) is 28.6 Å². The first kappa shape index (κ1) is 56.4. The van der Waals surface area contributed by atoms with Crippen molar-refractivity contribution in [2.24, 2.45) is 0 Å². The number of carbonyl (C=O) groups is 3. The van der Waals surface area contributed by atoms with Crippen molar-refractivity contribution in [3.05, 3.63) is 48.6 Å². The molecule has 0 aliphatic heterocycles. The number of hydrogen-bond donors (Lipinski definition) is 0. The van der Waals surface area contributed by atoms with Gasteiger partial charge in [-0.2, -0.15) is 0 Å². The Hall–Kier alpha value is -2.63. The summed E-state index contributed by atoms with van der Waals surface area (Å²) in [7, 11) is 0. The molecule has 0 rings (SSSR count). The molecule has 0 aliphatic rings. The van der Waals surface area contributed by atoms with Gasteiger partial charge in [0.05, 0.1) is 0 Å². The van der Waals surface area contributed by atoms with Crippen molar-refractivity contribution < 1.29 is 28.6 Å². The third kappa shape index (κ3) is 46.3. The minimum absolute atomic E-state index is 0.0914. The van der Waals surface area contributed by atoms with Crippen LogP contribution in [0, 0.1) is 0 Å². The number of carbonyl (C=O) groups excluding carboxylic acids is 3. The first-order valence-corrected chi connectivity index (χ1v) is 25.1. The van der Waals surface area contributed by atoms with Gasteiger partial charge in [-0.15, -0.1) is 0 Å². The molecule has 342 valence electrons. The van der Waals surface area contributed by atoms with Crippen molar-refractivity contribution in [1.29, 1.82) is 0 Å². The molecular formula is C53H94O6. The molecule has 0 bridgehead atoms. The fourth-order valence-electron chi connectivity index (χ4n) is 7.02. The number of esters is 3. The molecule has 0 radical (unpaired) electrons. The minimum Gasteiger partial charge on any atom is -0.462 e. The van der Waals surface area contributed by atoms with E-state index in [0.29, 0.717) is 19.3 Å². The number of unbranched alkanes of at least 4 members (excludes halogenated alkanes) is 26. The Labute approximate surface area is 365 Å². The number of hydrogen-bond acceptors (Lipinski definition) is 6. The zero-order chi connectivity index (χ0) is 43.0. The van der Waals surface area contributed by atoms with Gasteiger partial charge in [-0.1, -0.05) is 223 Å². The van der Waals surface area contributed by atoms with E-state index in [1.165, 1.54) is 141 Å². The molecule has 0 aromatic carbocycles. The van der Waals surface area contributed by atoms with Crippen molar-refractivity contribution in [1.82, 2.24) is 0 Å². The molecule has 0 atom stereocenters. The van der Waals surface area contributed by atoms with Gasteiger partial charge < -0.3 is 14.2 Å². The number of ether oxygens (including phenoxy) is 3. The monoisotopic (exact) mass is 827 g/mol. The predicted octanol–water partition coefficient (Wildman–Crippen LogP) is 16.3. The van der Waals surface area contributed by atoms with E-state index in [0.717, 1.165) is 64.2 Å². The van der Waals surface area contributed by atoms with E-state index in [9.17, 15) is 14.4 Å². The van der Waals surface area contributed by atoms with Crippen molar-refractivity contribution in [2.45, 2.75) is 258 Å². The lowest BCUT2D eigenvalue weighted by Gasteiger charge is -2.18. The largest absolute Gasteiger partial charge is 0.462 e. The van der Waals surface area contributed by atoms with E-state index < -0.39 is 6.10 Å². The van der Waals surface area contributed by atoms with E-state index in [1.807, 2.05) is 0 Å². The minimum atomic E-state index is -0.795. The Morgan fingerprint density at radius 1 is 0.339 bits per heavy atom. The summed E-state index contributed by atoms with van der Waals surface area (Å²) in [6, 6.07) is 0. The lowest BCUT2D eigenvalue weighted by Crippen LogP contribution is -2.30. The molecule has 59 heavy (non-hydrogen) atoms. The van der Waals surface area contributed by atoms with Crippen molar-refractivity contribution in [3.63, 3.8) is 0 Å². The molecule has 6 nitrogen and oxygen atoms in total. The van der Waals surface area contributed by atoms with Gasteiger partial charge in [-0.05, 0) is 57.8 Å². The summed E-state index contributed by atoms with van der Waals surface area (Å²) in [6.07, 6.45) is 56.6. The lowest BCUT2D eigenvalue weighted by molar-refractivity contribution is -0.167. The van der Waals surface area contributed by atoms with Gasteiger partial charge in [0.1, 0.15) is 13.2 Å². The summed E-state index contributed by atoms with van der Waals surface area (Å²) in [4.78, 5) is 37.8. The number of allylic oxidation sites excluding steroid dienone is 8. The highest BCUT2D eigenvalue weighted by Crippen LogP contribution is 2.15. The van der Waals surface area contributed by atoms with Crippen LogP contribution >= 0.6 is 0 Å². The summed E-state index contributed by atoms with van der Waals surface area (Å²) in [6.45, 7) is 6.56. The Morgan fingerprint density at radius 2 is 0.627 bits per heavy atom. The third-order valence-electron chi connectivity index (χ3n) is 10.8. The quantitative estimate of drug-likeness (QED) is 0.0263. The van der Waals surface area contributed by atoms with Crippen LogP contribution in [0.3, 0.4) is 0 Å². The Kier molecular flexibility index (Phi) is 45.9. The summed E-state index contributed by atoms with van der Waals surface area (Å²) in [5, 5.41) is 0. The Bertz CT molecular complexity index is 999. The maximum absolute atomic E-state index is 12.7. The zero-order valence-electron chi connectivity index (χ0n) is 39.0. The molecule has 0 saturated carbocycles. The fraction of sp³-hybridized carbons (Fsp3) is 0.792. The molecule has 0 heterocycles. The maximum Gasteiger partial charge on any atom is 0.306 e. The third-order valence-corrected chi connectivity index (χ3v) is 10.8. The average molecular weight is 827 g/mol. The van der Waals surface area contributed by atoms with Crippen LogP contribution in [0.15, 0.2) is 48.6 Å².